The molecule has 1 aromatic carbocycles. The van der Waals surface area contributed by atoms with Gasteiger partial charge in [-0.05, 0) is 26.0 Å². The fourth-order valence-corrected chi connectivity index (χ4v) is 1.43. The zero-order valence-electron chi connectivity index (χ0n) is 10.6. The van der Waals surface area contributed by atoms with Crippen LogP contribution in [0.5, 0.6) is 5.75 Å². The van der Waals surface area contributed by atoms with E-state index in [1.54, 1.807) is 6.07 Å². The fraction of sp³-hybridized carbons (Fsp3) is 0.538. The van der Waals surface area contributed by atoms with E-state index < -0.39 is 18.0 Å². The van der Waals surface area contributed by atoms with Crippen LogP contribution in [0, 0.1) is 5.82 Å². The van der Waals surface area contributed by atoms with Crippen LogP contribution in [-0.4, -0.2) is 36.1 Å². The molecule has 0 radical (unpaired) electrons. The number of benzene rings is 1. The maximum atomic E-state index is 13.5. The van der Waals surface area contributed by atoms with Crippen molar-refractivity contribution in [2.24, 2.45) is 0 Å². The number of aliphatic hydroxyl groups excluding tert-OH is 2. The van der Waals surface area contributed by atoms with Crippen LogP contribution in [0.2, 0.25) is 0 Å². The van der Waals surface area contributed by atoms with Gasteiger partial charge in [0, 0.05) is 18.2 Å². The van der Waals surface area contributed by atoms with Gasteiger partial charge < -0.3 is 19.7 Å². The summed E-state index contributed by atoms with van der Waals surface area (Å²) in [5, 5.41) is 18.7. The SMILES string of the molecule is CCOCC(O)COc1ccc([C@@H](C)O)c(F)c1. The highest BCUT2D eigenvalue weighted by molar-refractivity contribution is 5.30. The molecule has 1 unspecified atom stereocenters. The van der Waals surface area contributed by atoms with E-state index >= 15 is 0 Å². The molecular weight excluding hydrogens is 239 g/mol. The van der Waals surface area contributed by atoms with Gasteiger partial charge in [-0.2, -0.15) is 0 Å². The maximum Gasteiger partial charge on any atom is 0.132 e. The zero-order chi connectivity index (χ0) is 13.5. The Hall–Kier alpha value is -1.17. The van der Waals surface area contributed by atoms with Gasteiger partial charge in [0.25, 0.3) is 0 Å². The first-order valence-electron chi connectivity index (χ1n) is 5.90. The lowest BCUT2D eigenvalue weighted by atomic mass is 10.1. The summed E-state index contributed by atoms with van der Waals surface area (Å²) in [5.74, 6) is -0.214. The molecule has 0 saturated heterocycles. The highest BCUT2D eigenvalue weighted by Gasteiger charge is 2.10. The average Bonchev–Trinajstić information content (AvgIpc) is 2.33. The molecule has 5 heteroatoms. The van der Waals surface area contributed by atoms with Gasteiger partial charge in [-0.15, -0.1) is 0 Å². The Morgan fingerprint density at radius 3 is 2.56 bits per heavy atom. The summed E-state index contributed by atoms with van der Waals surface area (Å²) >= 11 is 0. The van der Waals surface area contributed by atoms with Crippen molar-refractivity contribution >= 4 is 0 Å². The third kappa shape index (κ3) is 4.60. The van der Waals surface area contributed by atoms with E-state index in [1.807, 2.05) is 6.92 Å². The fourth-order valence-electron chi connectivity index (χ4n) is 1.43. The molecule has 0 bridgehead atoms. The Bertz CT molecular complexity index is 368. The van der Waals surface area contributed by atoms with Crippen molar-refractivity contribution in [1.82, 2.24) is 0 Å². The molecule has 0 aliphatic rings. The van der Waals surface area contributed by atoms with Crippen LogP contribution < -0.4 is 4.74 Å². The lowest BCUT2D eigenvalue weighted by Crippen LogP contribution is -2.23. The summed E-state index contributed by atoms with van der Waals surface area (Å²) in [4.78, 5) is 0. The molecule has 1 rings (SSSR count). The summed E-state index contributed by atoms with van der Waals surface area (Å²) in [7, 11) is 0. The second kappa shape index (κ2) is 7.31. The summed E-state index contributed by atoms with van der Waals surface area (Å²) < 4.78 is 23.8. The molecule has 0 fully saturated rings. The largest absolute Gasteiger partial charge is 0.491 e. The van der Waals surface area contributed by atoms with E-state index in [9.17, 15) is 14.6 Å². The van der Waals surface area contributed by atoms with Crippen molar-refractivity contribution in [3.63, 3.8) is 0 Å². The summed E-state index contributed by atoms with van der Waals surface area (Å²) in [6, 6.07) is 4.21. The standard InChI is InChI=1S/C13H19FO4/c1-3-17-7-10(16)8-18-11-4-5-12(9(2)15)13(14)6-11/h4-6,9-10,15-16H,3,7-8H2,1-2H3/t9-,10?/m1/s1. The smallest absolute Gasteiger partial charge is 0.132 e. The average molecular weight is 258 g/mol. The normalized spacial score (nSPS) is 14.3. The number of halogens is 1. The van der Waals surface area contributed by atoms with Crippen LogP contribution in [0.15, 0.2) is 18.2 Å². The maximum absolute atomic E-state index is 13.5. The Labute approximate surface area is 106 Å². The van der Waals surface area contributed by atoms with Gasteiger partial charge in [0.1, 0.15) is 24.3 Å². The molecule has 0 aliphatic heterocycles. The molecule has 2 atom stereocenters. The van der Waals surface area contributed by atoms with Gasteiger partial charge in [0.2, 0.25) is 0 Å². The molecule has 0 aliphatic carbocycles. The van der Waals surface area contributed by atoms with Gasteiger partial charge in [-0.3, -0.25) is 0 Å². The summed E-state index contributed by atoms with van der Waals surface area (Å²) in [5.41, 5.74) is 0.220. The van der Waals surface area contributed by atoms with E-state index in [0.717, 1.165) is 0 Å². The molecule has 2 N–H and O–H groups in total. The van der Waals surface area contributed by atoms with Crippen molar-refractivity contribution in [2.45, 2.75) is 26.1 Å². The molecule has 102 valence electrons. The first kappa shape index (κ1) is 14.9. The lowest BCUT2D eigenvalue weighted by molar-refractivity contribution is 0.0164. The van der Waals surface area contributed by atoms with Crippen LogP contribution in [-0.2, 0) is 4.74 Å². The molecular formula is C13H19FO4. The van der Waals surface area contributed by atoms with Crippen molar-refractivity contribution < 1.29 is 24.1 Å². The second-order valence-electron chi connectivity index (χ2n) is 3.98. The first-order valence-corrected chi connectivity index (χ1v) is 5.90. The Morgan fingerprint density at radius 2 is 2.00 bits per heavy atom. The van der Waals surface area contributed by atoms with E-state index in [4.69, 9.17) is 9.47 Å². The first-order chi connectivity index (χ1) is 8.54. The van der Waals surface area contributed by atoms with Crippen LogP contribution in [0.1, 0.15) is 25.5 Å². The molecule has 1 aromatic rings. The van der Waals surface area contributed by atoms with Crippen molar-refractivity contribution in [1.29, 1.82) is 0 Å². The number of hydrogen-bond acceptors (Lipinski definition) is 4. The third-order valence-corrected chi connectivity index (χ3v) is 2.38. The minimum atomic E-state index is -0.859. The molecule has 0 amide bonds. The van der Waals surface area contributed by atoms with Crippen molar-refractivity contribution in [2.75, 3.05) is 19.8 Å². The molecule has 0 aromatic heterocycles. The van der Waals surface area contributed by atoms with E-state index in [2.05, 4.69) is 0 Å². The minimum Gasteiger partial charge on any atom is -0.491 e. The van der Waals surface area contributed by atoms with Gasteiger partial charge in [-0.1, -0.05) is 0 Å². The third-order valence-electron chi connectivity index (χ3n) is 2.38. The second-order valence-corrected chi connectivity index (χ2v) is 3.98. The molecule has 18 heavy (non-hydrogen) atoms. The quantitative estimate of drug-likeness (QED) is 0.781. The Kier molecular flexibility index (Phi) is 6.04. The number of ether oxygens (including phenoxy) is 2. The van der Waals surface area contributed by atoms with Crippen molar-refractivity contribution in [3.8, 4) is 5.75 Å². The number of hydrogen-bond donors (Lipinski definition) is 2. The Balaban J connectivity index is 2.51. The highest BCUT2D eigenvalue weighted by atomic mass is 19.1. The summed E-state index contributed by atoms with van der Waals surface area (Å²) in [6.07, 6.45) is -1.60. The van der Waals surface area contributed by atoms with E-state index in [-0.39, 0.29) is 18.8 Å². The van der Waals surface area contributed by atoms with Crippen LogP contribution in [0.4, 0.5) is 4.39 Å². The minimum absolute atomic E-state index is 0.0352. The van der Waals surface area contributed by atoms with Gasteiger partial charge in [0.05, 0.1) is 12.7 Å². The topological polar surface area (TPSA) is 58.9 Å². The molecule has 4 nitrogen and oxygen atoms in total. The zero-order valence-corrected chi connectivity index (χ0v) is 10.6. The van der Waals surface area contributed by atoms with Gasteiger partial charge in [-0.25, -0.2) is 4.39 Å². The van der Waals surface area contributed by atoms with Crippen LogP contribution in [0.3, 0.4) is 0 Å². The highest BCUT2D eigenvalue weighted by Crippen LogP contribution is 2.21. The predicted molar refractivity (Wildman–Crippen MR) is 65.0 cm³/mol. The van der Waals surface area contributed by atoms with Crippen molar-refractivity contribution in [3.05, 3.63) is 29.6 Å². The predicted octanol–water partition coefficient (Wildman–Crippen LogP) is 1.66. The van der Waals surface area contributed by atoms with E-state index in [0.29, 0.717) is 12.4 Å². The van der Waals surface area contributed by atoms with E-state index in [1.165, 1.54) is 19.1 Å². The van der Waals surface area contributed by atoms with Gasteiger partial charge in [0.15, 0.2) is 0 Å². The van der Waals surface area contributed by atoms with Crippen LogP contribution in [0.25, 0.3) is 0 Å². The molecule has 0 spiro atoms. The molecule has 0 heterocycles. The Morgan fingerprint density at radius 1 is 1.28 bits per heavy atom. The van der Waals surface area contributed by atoms with Gasteiger partial charge >= 0.3 is 0 Å². The lowest BCUT2D eigenvalue weighted by Gasteiger charge is -2.13. The molecule has 0 saturated carbocycles. The summed E-state index contributed by atoms with van der Waals surface area (Å²) in [6.45, 7) is 4.06. The van der Waals surface area contributed by atoms with Crippen LogP contribution >= 0.6 is 0 Å². The number of rotatable bonds is 7. The number of aliphatic hydroxyl groups is 2. The monoisotopic (exact) mass is 258 g/mol.